The van der Waals surface area contributed by atoms with Crippen LogP contribution in [-0.2, 0) is 10.0 Å². The van der Waals surface area contributed by atoms with E-state index in [-0.39, 0.29) is 23.4 Å². The first kappa shape index (κ1) is 20.7. The van der Waals surface area contributed by atoms with Gasteiger partial charge in [0.15, 0.2) is 0 Å². The Morgan fingerprint density at radius 2 is 1.84 bits per heavy atom. The zero-order chi connectivity index (χ0) is 22.1. The summed E-state index contributed by atoms with van der Waals surface area (Å²) < 4.78 is 33.9. The van der Waals surface area contributed by atoms with Gasteiger partial charge in [-0.25, -0.2) is 8.42 Å². The van der Waals surface area contributed by atoms with Crippen LogP contribution in [0.1, 0.15) is 29.6 Å². The maximum Gasteiger partial charge on any atom is 0.252 e. The van der Waals surface area contributed by atoms with Crippen LogP contribution >= 0.6 is 0 Å². The molecule has 164 valence electrons. The van der Waals surface area contributed by atoms with Crippen molar-refractivity contribution in [3.8, 4) is 0 Å². The maximum atomic E-state index is 13.5. The normalized spacial score (nSPS) is 17.6. The molecule has 1 aliphatic rings. The summed E-state index contributed by atoms with van der Waals surface area (Å²) in [6.45, 7) is 0.715. The zero-order valence-corrected chi connectivity index (χ0v) is 18.3. The molecule has 1 N–H and O–H groups in total. The summed E-state index contributed by atoms with van der Waals surface area (Å²) in [5.41, 5.74) is 1.17. The van der Waals surface area contributed by atoms with Crippen molar-refractivity contribution in [1.82, 2.24) is 9.62 Å². The number of hydrogen-bond donors (Lipinski definition) is 1. The van der Waals surface area contributed by atoms with Crippen LogP contribution in [0.5, 0.6) is 0 Å². The lowest BCUT2D eigenvalue weighted by molar-refractivity contribution is 0.0941. The Balaban J connectivity index is 1.37. The van der Waals surface area contributed by atoms with Crippen molar-refractivity contribution in [3.63, 3.8) is 0 Å². The molecule has 1 aliphatic heterocycles. The predicted molar refractivity (Wildman–Crippen MR) is 124 cm³/mol. The first-order valence-corrected chi connectivity index (χ1v) is 12.2. The number of benzene rings is 3. The van der Waals surface area contributed by atoms with E-state index < -0.39 is 10.0 Å². The monoisotopic (exact) mass is 448 g/mol. The molecular formula is C25H24N2O4S. The third-order valence-electron chi connectivity index (χ3n) is 6.14. The number of rotatable bonds is 5. The fraction of sp³-hybridized carbons (Fsp3) is 0.240. The minimum Gasteiger partial charge on any atom is -0.464 e. The third-order valence-corrected chi connectivity index (χ3v) is 8.09. The van der Waals surface area contributed by atoms with Gasteiger partial charge in [0.2, 0.25) is 10.0 Å². The minimum atomic E-state index is -3.67. The second kappa shape index (κ2) is 8.41. The number of nitrogens with zero attached hydrogens (tertiary/aromatic N) is 1. The van der Waals surface area contributed by atoms with Gasteiger partial charge in [-0.2, -0.15) is 4.31 Å². The Hall–Kier alpha value is -3.16. The summed E-state index contributed by atoms with van der Waals surface area (Å²) in [5.74, 6) is -0.231. The lowest BCUT2D eigenvalue weighted by Crippen LogP contribution is -2.49. The summed E-state index contributed by atoms with van der Waals surface area (Å²) in [6, 6.07) is 19.8. The van der Waals surface area contributed by atoms with Gasteiger partial charge in [0.25, 0.3) is 5.91 Å². The van der Waals surface area contributed by atoms with Crippen molar-refractivity contribution < 1.29 is 17.6 Å². The van der Waals surface area contributed by atoms with Crippen molar-refractivity contribution in [2.24, 2.45) is 0 Å². The van der Waals surface area contributed by atoms with Crippen LogP contribution in [0.2, 0.25) is 0 Å². The summed E-state index contributed by atoms with van der Waals surface area (Å²) in [5, 5.41) is 5.59. The molecule has 0 aliphatic carbocycles. The lowest BCUT2D eigenvalue weighted by Gasteiger charge is -2.34. The average molecular weight is 449 g/mol. The molecule has 5 rings (SSSR count). The molecule has 1 amide bonds. The van der Waals surface area contributed by atoms with Gasteiger partial charge < -0.3 is 9.73 Å². The second-order valence-electron chi connectivity index (χ2n) is 8.12. The molecular weight excluding hydrogens is 424 g/mol. The molecule has 1 fully saturated rings. The Labute approximate surface area is 186 Å². The van der Waals surface area contributed by atoms with Crippen LogP contribution in [0.3, 0.4) is 0 Å². The topological polar surface area (TPSA) is 79.6 Å². The van der Waals surface area contributed by atoms with E-state index in [2.05, 4.69) is 5.32 Å². The first-order valence-electron chi connectivity index (χ1n) is 10.8. The maximum absolute atomic E-state index is 13.5. The summed E-state index contributed by atoms with van der Waals surface area (Å²) in [4.78, 5) is 13.1. The van der Waals surface area contributed by atoms with Crippen molar-refractivity contribution in [1.29, 1.82) is 0 Å². The molecule has 32 heavy (non-hydrogen) atoms. The van der Waals surface area contributed by atoms with E-state index in [0.29, 0.717) is 24.1 Å². The average Bonchev–Trinajstić information content (AvgIpc) is 3.31. The molecule has 1 unspecified atom stereocenters. The highest BCUT2D eigenvalue weighted by Crippen LogP contribution is 2.27. The van der Waals surface area contributed by atoms with E-state index in [1.54, 1.807) is 40.9 Å². The number of amides is 1. The number of furan rings is 1. The quantitative estimate of drug-likeness (QED) is 0.485. The Kier molecular flexibility index (Phi) is 5.45. The van der Waals surface area contributed by atoms with Crippen molar-refractivity contribution in [2.45, 2.75) is 30.2 Å². The van der Waals surface area contributed by atoms with E-state index in [1.165, 1.54) is 0 Å². The molecule has 6 nitrogen and oxygen atoms in total. The predicted octanol–water partition coefficient (Wildman–Crippen LogP) is 4.56. The van der Waals surface area contributed by atoms with Crippen LogP contribution in [0.4, 0.5) is 0 Å². The van der Waals surface area contributed by atoms with Gasteiger partial charge in [0, 0.05) is 24.5 Å². The minimum absolute atomic E-state index is 0.231. The lowest BCUT2D eigenvalue weighted by atomic mass is 10.0. The number of hydrogen-bond acceptors (Lipinski definition) is 4. The zero-order valence-electron chi connectivity index (χ0n) is 17.5. The van der Waals surface area contributed by atoms with Gasteiger partial charge in [0.05, 0.1) is 16.7 Å². The smallest absolute Gasteiger partial charge is 0.252 e. The van der Waals surface area contributed by atoms with Crippen LogP contribution < -0.4 is 5.32 Å². The van der Waals surface area contributed by atoms with E-state index in [0.717, 1.165) is 29.0 Å². The molecule has 0 bridgehead atoms. The Bertz CT molecular complexity index is 1390. The van der Waals surface area contributed by atoms with Gasteiger partial charge in [-0.15, -0.1) is 0 Å². The molecule has 1 saturated heterocycles. The molecule has 2 heterocycles. The van der Waals surface area contributed by atoms with E-state index in [4.69, 9.17) is 4.42 Å². The largest absolute Gasteiger partial charge is 0.464 e. The second-order valence-corrected chi connectivity index (χ2v) is 10.0. The van der Waals surface area contributed by atoms with Gasteiger partial charge in [-0.3, -0.25) is 4.79 Å². The third kappa shape index (κ3) is 3.78. The summed E-state index contributed by atoms with van der Waals surface area (Å²) in [6.07, 6.45) is 4.01. The molecule has 3 aromatic carbocycles. The molecule has 7 heteroatoms. The van der Waals surface area contributed by atoms with E-state index >= 15 is 0 Å². The fourth-order valence-electron chi connectivity index (χ4n) is 4.46. The van der Waals surface area contributed by atoms with Crippen molar-refractivity contribution >= 4 is 37.7 Å². The number of carbonyl (C=O) groups excluding carboxylic acids is 1. The van der Waals surface area contributed by atoms with E-state index in [1.807, 2.05) is 36.4 Å². The number of sulfonamides is 1. The SMILES string of the molecule is O=C(NCC1CCCCN1S(=O)(=O)c1ccc2ccccc2c1)c1cccc2occc12. The summed E-state index contributed by atoms with van der Waals surface area (Å²) >= 11 is 0. The molecule has 4 aromatic rings. The first-order chi connectivity index (χ1) is 15.5. The number of carbonyl (C=O) groups is 1. The number of nitrogens with one attached hydrogen (secondary N) is 1. The highest BCUT2D eigenvalue weighted by molar-refractivity contribution is 7.89. The standard InChI is InChI=1S/C25H24N2O4S/c28-25(23-9-5-10-24-22(23)13-15-31-24)26-17-20-8-3-4-14-27(20)32(29,30)21-12-11-18-6-1-2-7-19(18)16-21/h1-2,5-7,9-13,15-16,20H,3-4,8,14,17H2,(H,26,28). The van der Waals surface area contributed by atoms with Crippen molar-refractivity contribution in [2.75, 3.05) is 13.1 Å². The Morgan fingerprint density at radius 3 is 2.72 bits per heavy atom. The molecule has 0 spiro atoms. The molecule has 1 atom stereocenters. The van der Waals surface area contributed by atoms with Crippen molar-refractivity contribution in [3.05, 3.63) is 78.6 Å². The van der Waals surface area contributed by atoms with Crippen LogP contribution in [-0.4, -0.2) is 37.8 Å². The number of fused-ring (bicyclic) bond motifs is 2. The summed E-state index contributed by atoms with van der Waals surface area (Å²) in [7, 11) is -3.67. The van der Waals surface area contributed by atoms with Gasteiger partial charge in [-0.1, -0.05) is 42.8 Å². The van der Waals surface area contributed by atoms with Gasteiger partial charge >= 0.3 is 0 Å². The van der Waals surface area contributed by atoms with Crippen LogP contribution in [0, 0.1) is 0 Å². The highest BCUT2D eigenvalue weighted by atomic mass is 32.2. The molecule has 0 radical (unpaired) electrons. The van der Waals surface area contributed by atoms with Crippen LogP contribution in [0.25, 0.3) is 21.7 Å². The fourth-order valence-corrected chi connectivity index (χ4v) is 6.18. The van der Waals surface area contributed by atoms with Gasteiger partial charge in [-0.05, 0) is 53.9 Å². The van der Waals surface area contributed by atoms with Gasteiger partial charge in [0.1, 0.15) is 5.58 Å². The highest BCUT2D eigenvalue weighted by Gasteiger charge is 2.33. The molecule has 0 saturated carbocycles. The van der Waals surface area contributed by atoms with E-state index in [9.17, 15) is 13.2 Å². The Morgan fingerprint density at radius 1 is 1.00 bits per heavy atom. The number of piperidine rings is 1. The van der Waals surface area contributed by atoms with Crippen LogP contribution in [0.15, 0.2) is 82.3 Å². The molecule has 1 aromatic heterocycles.